The predicted octanol–water partition coefficient (Wildman–Crippen LogP) is 5.13. The number of carbonyl (C=O) groups excluding carboxylic acids is 1. The molecule has 1 unspecified atom stereocenters. The van der Waals surface area contributed by atoms with E-state index in [0.717, 1.165) is 67.8 Å². The first-order valence-electron chi connectivity index (χ1n) is 11.8. The van der Waals surface area contributed by atoms with Crippen LogP contribution in [0, 0.1) is 13.8 Å². The molecule has 0 aliphatic carbocycles. The maximum atomic E-state index is 13.0. The second-order valence-corrected chi connectivity index (χ2v) is 8.93. The van der Waals surface area contributed by atoms with E-state index >= 15 is 0 Å². The van der Waals surface area contributed by atoms with Crippen molar-refractivity contribution in [2.24, 2.45) is 0 Å². The SMILES string of the molecule is CCCCCCC1(C)CCc2c(c(C)c(C)c(O)c2C(=O)NCCN(CC)CC)O1. The summed E-state index contributed by atoms with van der Waals surface area (Å²) in [6.07, 6.45) is 7.53. The van der Waals surface area contributed by atoms with Gasteiger partial charge in [-0.3, -0.25) is 4.79 Å². The number of hydrogen-bond acceptors (Lipinski definition) is 4. The van der Waals surface area contributed by atoms with Crippen molar-refractivity contribution in [2.75, 3.05) is 26.2 Å². The highest BCUT2D eigenvalue weighted by molar-refractivity contribution is 6.00. The smallest absolute Gasteiger partial charge is 0.255 e. The van der Waals surface area contributed by atoms with E-state index in [-0.39, 0.29) is 17.3 Å². The van der Waals surface area contributed by atoms with Crippen LogP contribution in [0.5, 0.6) is 11.5 Å². The molecule has 2 rings (SSSR count). The summed E-state index contributed by atoms with van der Waals surface area (Å²) in [5, 5.41) is 13.8. The van der Waals surface area contributed by atoms with Crippen molar-refractivity contribution >= 4 is 5.91 Å². The van der Waals surface area contributed by atoms with E-state index in [2.05, 4.69) is 37.9 Å². The molecule has 1 atom stereocenters. The number of fused-ring (bicyclic) bond motifs is 1. The van der Waals surface area contributed by atoms with Gasteiger partial charge in [-0.25, -0.2) is 0 Å². The lowest BCUT2D eigenvalue weighted by atomic mass is 9.84. The maximum Gasteiger partial charge on any atom is 0.255 e. The van der Waals surface area contributed by atoms with Crippen LogP contribution < -0.4 is 10.1 Å². The van der Waals surface area contributed by atoms with Crippen LogP contribution in [0.1, 0.15) is 93.3 Å². The molecule has 0 aromatic heterocycles. The molecule has 5 nitrogen and oxygen atoms in total. The minimum atomic E-state index is -0.203. The van der Waals surface area contributed by atoms with Crippen LogP contribution in [0.25, 0.3) is 0 Å². The first-order valence-corrected chi connectivity index (χ1v) is 11.8. The lowest BCUT2D eigenvalue weighted by Crippen LogP contribution is -2.39. The molecule has 0 spiro atoms. The number of unbranched alkanes of at least 4 members (excludes halogenated alkanes) is 3. The predicted molar refractivity (Wildman–Crippen MR) is 124 cm³/mol. The average molecular weight is 419 g/mol. The fraction of sp³-hybridized carbons (Fsp3) is 0.720. The Labute approximate surface area is 183 Å². The fourth-order valence-electron chi connectivity index (χ4n) is 4.38. The number of nitrogens with zero attached hydrogens (tertiary/aromatic N) is 1. The second-order valence-electron chi connectivity index (χ2n) is 8.93. The topological polar surface area (TPSA) is 61.8 Å². The van der Waals surface area contributed by atoms with Crippen LogP contribution in [0.4, 0.5) is 0 Å². The van der Waals surface area contributed by atoms with Crippen molar-refractivity contribution in [3.63, 3.8) is 0 Å². The number of carbonyl (C=O) groups is 1. The Balaban J connectivity index is 2.21. The molecule has 1 aromatic carbocycles. The van der Waals surface area contributed by atoms with Gasteiger partial charge in [0.1, 0.15) is 17.1 Å². The zero-order valence-electron chi connectivity index (χ0n) is 20.0. The third-order valence-corrected chi connectivity index (χ3v) is 6.72. The van der Waals surface area contributed by atoms with Crippen molar-refractivity contribution in [2.45, 2.75) is 92.1 Å². The normalized spacial score (nSPS) is 18.2. The van der Waals surface area contributed by atoms with Crippen molar-refractivity contribution in [3.8, 4) is 11.5 Å². The Bertz CT molecular complexity index is 728. The molecule has 1 aliphatic rings. The van der Waals surface area contributed by atoms with Gasteiger partial charge in [0, 0.05) is 18.7 Å². The van der Waals surface area contributed by atoms with Gasteiger partial charge in [0.15, 0.2) is 0 Å². The van der Waals surface area contributed by atoms with Gasteiger partial charge in [-0.05, 0) is 70.7 Å². The number of aromatic hydroxyl groups is 1. The van der Waals surface area contributed by atoms with E-state index in [1.807, 2.05) is 13.8 Å². The van der Waals surface area contributed by atoms with Crippen molar-refractivity contribution in [1.29, 1.82) is 0 Å². The number of nitrogens with one attached hydrogen (secondary N) is 1. The molecular weight excluding hydrogens is 376 g/mol. The maximum absolute atomic E-state index is 13.0. The molecule has 2 N–H and O–H groups in total. The van der Waals surface area contributed by atoms with Crippen molar-refractivity contribution in [3.05, 3.63) is 22.3 Å². The highest BCUT2D eigenvalue weighted by Gasteiger charge is 2.36. The Morgan fingerprint density at radius 1 is 1.13 bits per heavy atom. The minimum absolute atomic E-state index is 0.0988. The van der Waals surface area contributed by atoms with Gasteiger partial charge in [-0.2, -0.15) is 0 Å². The van der Waals surface area contributed by atoms with Gasteiger partial charge in [-0.1, -0.05) is 40.0 Å². The Morgan fingerprint density at radius 2 is 1.83 bits per heavy atom. The Morgan fingerprint density at radius 3 is 2.47 bits per heavy atom. The number of benzene rings is 1. The lowest BCUT2D eigenvalue weighted by Gasteiger charge is -2.38. The molecule has 1 heterocycles. The van der Waals surface area contributed by atoms with Gasteiger partial charge in [0.05, 0.1) is 5.56 Å². The third kappa shape index (κ3) is 5.69. The average Bonchev–Trinajstić information content (AvgIpc) is 2.73. The first-order chi connectivity index (χ1) is 14.3. The molecule has 0 saturated heterocycles. The molecule has 5 heteroatoms. The third-order valence-electron chi connectivity index (χ3n) is 6.72. The zero-order chi connectivity index (χ0) is 22.3. The van der Waals surface area contributed by atoms with Gasteiger partial charge in [0.2, 0.25) is 0 Å². The molecule has 30 heavy (non-hydrogen) atoms. The highest BCUT2D eigenvalue weighted by Crippen LogP contribution is 2.44. The zero-order valence-corrected chi connectivity index (χ0v) is 20.0. The van der Waals surface area contributed by atoms with Gasteiger partial charge >= 0.3 is 0 Å². The van der Waals surface area contributed by atoms with E-state index in [0.29, 0.717) is 12.1 Å². The van der Waals surface area contributed by atoms with Crippen LogP contribution in [-0.2, 0) is 6.42 Å². The molecule has 1 aliphatic heterocycles. The second kappa shape index (κ2) is 11.0. The standard InChI is InChI=1S/C25H42N2O3/c1-7-10-11-12-14-25(6)15-13-20-21(22(28)18(4)19(5)23(20)30-25)24(29)26-16-17-27(8-2)9-3/h28H,7-17H2,1-6H3,(H,26,29). The first kappa shape index (κ1) is 24.5. The van der Waals surface area contributed by atoms with Gasteiger partial charge < -0.3 is 20.1 Å². The number of ether oxygens (including phenoxy) is 1. The number of hydrogen-bond donors (Lipinski definition) is 2. The Hall–Kier alpha value is -1.75. The van der Waals surface area contributed by atoms with Gasteiger partial charge in [0.25, 0.3) is 5.91 Å². The van der Waals surface area contributed by atoms with E-state index in [1.165, 1.54) is 19.3 Å². The van der Waals surface area contributed by atoms with Crippen LogP contribution in [-0.4, -0.2) is 47.7 Å². The monoisotopic (exact) mass is 418 g/mol. The summed E-state index contributed by atoms with van der Waals surface area (Å²) in [5.41, 5.74) is 2.74. The van der Waals surface area contributed by atoms with E-state index in [4.69, 9.17) is 4.74 Å². The minimum Gasteiger partial charge on any atom is -0.507 e. The number of phenolic OH excluding ortho intramolecular Hbond substituents is 1. The van der Waals surface area contributed by atoms with Crippen LogP contribution in [0.15, 0.2) is 0 Å². The number of likely N-dealkylation sites (N-methyl/N-ethyl adjacent to an activating group) is 1. The summed E-state index contributed by atoms with van der Waals surface area (Å²) in [6, 6.07) is 0. The lowest BCUT2D eigenvalue weighted by molar-refractivity contribution is 0.0517. The summed E-state index contributed by atoms with van der Waals surface area (Å²) < 4.78 is 6.54. The number of amides is 1. The van der Waals surface area contributed by atoms with E-state index in [1.54, 1.807) is 0 Å². The summed E-state index contributed by atoms with van der Waals surface area (Å²) in [7, 11) is 0. The van der Waals surface area contributed by atoms with Crippen molar-refractivity contribution in [1.82, 2.24) is 10.2 Å². The molecule has 0 radical (unpaired) electrons. The molecular formula is C25H42N2O3. The van der Waals surface area contributed by atoms with E-state index in [9.17, 15) is 9.90 Å². The van der Waals surface area contributed by atoms with E-state index < -0.39 is 0 Å². The quantitative estimate of drug-likeness (QED) is 0.489. The highest BCUT2D eigenvalue weighted by atomic mass is 16.5. The van der Waals surface area contributed by atoms with Crippen molar-refractivity contribution < 1.29 is 14.6 Å². The van der Waals surface area contributed by atoms with Crippen LogP contribution in [0.2, 0.25) is 0 Å². The fourth-order valence-corrected chi connectivity index (χ4v) is 4.38. The summed E-state index contributed by atoms with van der Waals surface area (Å²) in [5.74, 6) is 0.708. The van der Waals surface area contributed by atoms with Gasteiger partial charge in [-0.15, -0.1) is 0 Å². The molecule has 170 valence electrons. The number of rotatable bonds is 11. The molecule has 0 saturated carbocycles. The van der Waals surface area contributed by atoms with Crippen LogP contribution in [0.3, 0.4) is 0 Å². The summed E-state index contributed by atoms with van der Waals surface area (Å²) >= 11 is 0. The summed E-state index contributed by atoms with van der Waals surface area (Å²) in [4.78, 5) is 15.3. The van der Waals surface area contributed by atoms with Crippen LogP contribution >= 0.6 is 0 Å². The largest absolute Gasteiger partial charge is 0.507 e. The number of phenols is 1. The molecule has 1 aromatic rings. The Kier molecular flexibility index (Phi) is 9.02. The molecule has 0 bridgehead atoms. The molecule has 0 fully saturated rings. The summed E-state index contributed by atoms with van der Waals surface area (Å²) in [6.45, 7) is 15.8. The molecule has 1 amide bonds.